The highest BCUT2D eigenvalue weighted by Crippen LogP contribution is 2.34. The maximum Gasteiger partial charge on any atom is 0.211 e. The predicted octanol–water partition coefficient (Wildman–Crippen LogP) is 5.07. The Bertz CT molecular complexity index is 1090. The second-order valence-corrected chi connectivity index (χ2v) is 7.15. The number of nitrogens with zero attached hydrogens (tertiary/aromatic N) is 3. The minimum atomic E-state index is 0.244. The van der Waals surface area contributed by atoms with Crippen LogP contribution in [-0.4, -0.2) is 15.9 Å². The van der Waals surface area contributed by atoms with E-state index >= 15 is 0 Å². The number of benzene rings is 2. The zero-order chi connectivity index (χ0) is 18.1. The van der Waals surface area contributed by atoms with Crippen molar-refractivity contribution >= 4 is 40.6 Å². The molecule has 0 fully saturated rings. The molecule has 0 saturated heterocycles. The van der Waals surface area contributed by atoms with Crippen LogP contribution < -0.4 is 4.80 Å². The third-order valence-corrected chi connectivity index (χ3v) is 5.34. The van der Waals surface area contributed by atoms with Gasteiger partial charge in [-0.1, -0.05) is 47.2 Å². The molecule has 1 N–H and O–H groups in total. The Balaban J connectivity index is 1.80. The fourth-order valence-electron chi connectivity index (χ4n) is 2.91. The SMILES string of the molecule is CCn1c(O)c(C=C2C=Nc3ccccc32)sc1=Nc1ccc(C)cc1. The molecule has 0 unspecified atom stereocenters. The maximum atomic E-state index is 10.7. The van der Waals surface area contributed by atoms with Crippen LogP contribution in [0.25, 0.3) is 11.6 Å². The van der Waals surface area contributed by atoms with Gasteiger partial charge in [0.2, 0.25) is 5.88 Å². The average molecular weight is 361 g/mol. The van der Waals surface area contributed by atoms with E-state index in [-0.39, 0.29) is 5.88 Å². The topological polar surface area (TPSA) is 49.9 Å². The molecule has 2 heterocycles. The van der Waals surface area contributed by atoms with Gasteiger partial charge in [-0.05, 0) is 38.1 Å². The lowest BCUT2D eigenvalue weighted by atomic mass is 10.1. The lowest BCUT2D eigenvalue weighted by Crippen LogP contribution is -2.12. The quantitative estimate of drug-likeness (QED) is 0.695. The van der Waals surface area contributed by atoms with Gasteiger partial charge in [0.05, 0.1) is 16.3 Å². The maximum absolute atomic E-state index is 10.7. The molecule has 26 heavy (non-hydrogen) atoms. The number of aromatic nitrogens is 1. The molecule has 5 heteroatoms. The van der Waals surface area contributed by atoms with Crippen LogP contribution in [0.2, 0.25) is 0 Å². The zero-order valence-electron chi connectivity index (χ0n) is 14.7. The number of aryl methyl sites for hydroxylation is 1. The molecule has 0 spiro atoms. The molecule has 0 radical (unpaired) electrons. The second kappa shape index (κ2) is 6.77. The van der Waals surface area contributed by atoms with E-state index in [4.69, 9.17) is 4.99 Å². The largest absolute Gasteiger partial charge is 0.493 e. The van der Waals surface area contributed by atoms with Gasteiger partial charge >= 0.3 is 0 Å². The summed E-state index contributed by atoms with van der Waals surface area (Å²) >= 11 is 1.48. The third-order valence-electron chi connectivity index (χ3n) is 4.33. The van der Waals surface area contributed by atoms with Crippen molar-refractivity contribution in [2.45, 2.75) is 20.4 Å². The molecule has 0 atom stereocenters. The van der Waals surface area contributed by atoms with Gasteiger partial charge in [0, 0.05) is 23.9 Å². The van der Waals surface area contributed by atoms with Gasteiger partial charge in [-0.15, -0.1) is 0 Å². The first-order valence-electron chi connectivity index (χ1n) is 8.55. The van der Waals surface area contributed by atoms with Gasteiger partial charge in [0.1, 0.15) is 0 Å². The summed E-state index contributed by atoms with van der Waals surface area (Å²) in [6, 6.07) is 16.1. The van der Waals surface area contributed by atoms with Crippen molar-refractivity contribution in [2.24, 2.45) is 9.98 Å². The van der Waals surface area contributed by atoms with Crippen LogP contribution in [0.3, 0.4) is 0 Å². The first-order chi connectivity index (χ1) is 12.7. The summed E-state index contributed by atoms with van der Waals surface area (Å²) in [6.07, 6.45) is 3.83. The van der Waals surface area contributed by atoms with Crippen LogP contribution in [0, 0.1) is 6.92 Å². The molecule has 1 aromatic heterocycles. The Morgan fingerprint density at radius 1 is 1.15 bits per heavy atom. The molecule has 0 amide bonds. The highest BCUT2D eigenvalue weighted by Gasteiger charge is 2.15. The molecule has 0 bridgehead atoms. The normalized spacial score (nSPS) is 15.0. The summed E-state index contributed by atoms with van der Waals surface area (Å²) in [5.74, 6) is 0.244. The van der Waals surface area contributed by atoms with Gasteiger partial charge < -0.3 is 5.11 Å². The molecule has 0 saturated carbocycles. The van der Waals surface area contributed by atoms with Gasteiger partial charge in [-0.25, -0.2) is 4.99 Å². The first kappa shape index (κ1) is 16.5. The van der Waals surface area contributed by atoms with Gasteiger partial charge in [-0.3, -0.25) is 9.56 Å². The van der Waals surface area contributed by atoms with Crippen LogP contribution in [-0.2, 0) is 6.54 Å². The van der Waals surface area contributed by atoms with Crippen molar-refractivity contribution < 1.29 is 5.11 Å². The number of rotatable bonds is 3. The number of hydrogen-bond donors (Lipinski definition) is 1. The summed E-state index contributed by atoms with van der Waals surface area (Å²) in [7, 11) is 0. The van der Waals surface area contributed by atoms with Crippen molar-refractivity contribution in [2.75, 3.05) is 0 Å². The van der Waals surface area contributed by atoms with Crippen LogP contribution in [0.5, 0.6) is 5.88 Å². The number of hydrogen-bond acceptors (Lipinski definition) is 4. The van der Waals surface area contributed by atoms with E-state index in [1.807, 2.05) is 72.3 Å². The number of allylic oxidation sites excluding steroid dienone is 1. The average Bonchev–Trinajstić information content (AvgIpc) is 3.19. The molecule has 0 aliphatic carbocycles. The van der Waals surface area contributed by atoms with E-state index in [1.165, 1.54) is 16.9 Å². The van der Waals surface area contributed by atoms with Crippen LogP contribution in [0.1, 0.15) is 22.9 Å². The Morgan fingerprint density at radius 3 is 2.69 bits per heavy atom. The van der Waals surface area contributed by atoms with Crippen molar-refractivity contribution in [1.82, 2.24) is 4.57 Å². The summed E-state index contributed by atoms with van der Waals surface area (Å²) in [6.45, 7) is 4.71. The zero-order valence-corrected chi connectivity index (χ0v) is 15.5. The summed E-state index contributed by atoms with van der Waals surface area (Å²) in [5, 5.41) is 10.7. The van der Waals surface area contributed by atoms with E-state index < -0.39 is 0 Å². The molecule has 1 aliphatic heterocycles. The molecule has 4 nitrogen and oxygen atoms in total. The Kier molecular flexibility index (Phi) is 4.31. The van der Waals surface area contributed by atoms with Gasteiger partial charge in [0.15, 0.2) is 4.80 Å². The number of fused-ring (bicyclic) bond motifs is 1. The molecule has 4 rings (SSSR count). The highest BCUT2D eigenvalue weighted by molar-refractivity contribution is 7.10. The van der Waals surface area contributed by atoms with Crippen molar-refractivity contribution in [1.29, 1.82) is 0 Å². The Labute approximate surface area is 156 Å². The van der Waals surface area contributed by atoms with E-state index in [0.29, 0.717) is 6.54 Å². The third kappa shape index (κ3) is 3.02. The molecular weight excluding hydrogens is 342 g/mol. The fraction of sp³-hybridized carbons (Fsp3) is 0.143. The van der Waals surface area contributed by atoms with Crippen molar-refractivity contribution in [3.8, 4) is 5.88 Å². The van der Waals surface area contributed by atoms with E-state index in [1.54, 1.807) is 0 Å². The minimum absolute atomic E-state index is 0.244. The number of aromatic hydroxyl groups is 1. The van der Waals surface area contributed by atoms with Crippen LogP contribution in [0.15, 0.2) is 58.5 Å². The minimum Gasteiger partial charge on any atom is -0.493 e. The summed E-state index contributed by atoms with van der Waals surface area (Å²) in [4.78, 5) is 10.7. The smallest absolute Gasteiger partial charge is 0.211 e. The predicted molar refractivity (Wildman–Crippen MR) is 109 cm³/mol. The first-order valence-corrected chi connectivity index (χ1v) is 9.36. The molecule has 3 aromatic rings. The van der Waals surface area contributed by atoms with Crippen molar-refractivity contribution in [3.05, 3.63) is 69.3 Å². The highest BCUT2D eigenvalue weighted by atomic mass is 32.1. The number of aliphatic imine (C=N–C) groups is 1. The van der Waals surface area contributed by atoms with E-state index in [0.717, 1.165) is 32.2 Å². The standard InChI is InChI=1S/C21H19N3OS/c1-3-24-20(25)19(12-15-13-22-18-7-5-4-6-17(15)18)26-21(24)23-16-10-8-14(2)9-11-16/h4-13,25H,3H2,1-2H3. The van der Waals surface area contributed by atoms with E-state index in [2.05, 4.69) is 11.9 Å². The van der Waals surface area contributed by atoms with Gasteiger partial charge in [-0.2, -0.15) is 0 Å². The monoisotopic (exact) mass is 361 g/mol. The van der Waals surface area contributed by atoms with Crippen molar-refractivity contribution in [3.63, 3.8) is 0 Å². The second-order valence-electron chi connectivity index (χ2n) is 6.14. The van der Waals surface area contributed by atoms with E-state index in [9.17, 15) is 5.11 Å². The van der Waals surface area contributed by atoms with Crippen LogP contribution in [0.4, 0.5) is 11.4 Å². The summed E-state index contributed by atoms with van der Waals surface area (Å²) < 4.78 is 1.83. The summed E-state index contributed by atoms with van der Waals surface area (Å²) in [5.41, 5.74) is 5.13. The Morgan fingerprint density at radius 2 is 1.92 bits per heavy atom. The Hall–Kier alpha value is -2.92. The molecule has 1 aliphatic rings. The number of para-hydroxylation sites is 1. The molecule has 130 valence electrons. The number of thiazole rings is 1. The fourth-order valence-corrected chi connectivity index (χ4v) is 3.97. The lowest BCUT2D eigenvalue weighted by Gasteiger charge is -2.01. The van der Waals surface area contributed by atoms with Gasteiger partial charge in [0.25, 0.3) is 0 Å². The lowest BCUT2D eigenvalue weighted by molar-refractivity contribution is 0.416. The molecule has 2 aromatic carbocycles. The molecular formula is C21H19N3OS. The van der Waals surface area contributed by atoms with Crippen LogP contribution >= 0.6 is 11.3 Å².